The SMILES string of the molecule is CCOc1ccc(-c2csc(N3CCN(S(=O)(=O)c4cccc(C(F)(F)F)c4)CC3)n2)cc1.CCc1ccc(-c2csc(N3CCN(S(=O)(=O)c4cccc(C(F)(F)F)c4)CC3)n2)cc1. The van der Waals surface area contributed by atoms with Crippen molar-refractivity contribution >= 4 is 53.0 Å². The summed E-state index contributed by atoms with van der Waals surface area (Å²) in [4.78, 5) is 12.7. The molecule has 2 fully saturated rings. The fraction of sp³-hybridized carbons (Fsp3) is 0.318. The average molecular weight is 979 g/mol. The van der Waals surface area contributed by atoms with E-state index >= 15 is 0 Å². The lowest BCUT2D eigenvalue weighted by Gasteiger charge is -2.33. The van der Waals surface area contributed by atoms with Gasteiger partial charge in [-0.25, -0.2) is 26.8 Å². The number of ether oxygens (including phenoxy) is 1. The van der Waals surface area contributed by atoms with Gasteiger partial charge >= 0.3 is 12.4 Å². The van der Waals surface area contributed by atoms with Gasteiger partial charge in [-0.15, -0.1) is 22.7 Å². The van der Waals surface area contributed by atoms with E-state index in [2.05, 4.69) is 24.0 Å². The molecule has 2 aromatic heterocycles. The summed E-state index contributed by atoms with van der Waals surface area (Å²) < 4.78 is 137. The Morgan fingerprint density at radius 1 is 0.569 bits per heavy atom. The predicted molar refractivity (Wildman–Crippen MR) is 240 cm³/mol. The van der Waals surface area contributed by atoms with Gasteiger partial charge in [-0.1, -0.05) is 43.3 Å². The van der Waals surface area contributed by atoms with Crippen molar-refractivity contribution in [2.24, 2.45) is 0 Å². The van der Waals surface area contributed by atoms with Gasteiger partial charge in [0.2, 0.25) is 20.0 Å². The highest BCUT2D eigenvalue weighted by Crippen LogP contribution is 2.35. The number of halogens is 6. The predicted octanol–water partition coefficient (Wildman–Crippen LogP) is 9.64. The molecule has 4 aromatic carbocycles. The molecule has 21 heteroatoms. The van der Waals surface area contributed by atoms with Gasteiger partial charge in [0.05, 0.1) is 38.9 Å². The van der Waals surface area contributed by atoms with Crippen LogP contribution in [0.3, 0.4) is 0 Å². The standard InChI is InChI=1S/C22H22F3N3O3S2.C22H22F3N3O2S2/c1-2-31-18-8-6-16(7-9-18)20-15-32-21(26-20)27-10-12-28(13-11-27)33(29,30)19-5-3-4-17(14-19)22(23,24)25;1-2-16-6-8-17(9-7-16)20-15-31-21(26-20)27-10-12-28(13-11-27)32(29,30)19-5-3-4-18(14-19)22(23,24)25/h3-9,14-15H,2,10-13H2,1H3;3-9,14-15H,2,10-13H2,1H3. The van der Waals surface area contributed by atoms with Crippen LogP contribution in [0.1, 0.15) is 30.5 Å². The number of anilines is 2. The van der Waals surface area contributed by atoms with Gasteiger partial charge in [0.1, 0.15) is 5.75 Å². The summed E-state index contributed by atoms with van der Waals surface area (Å²) in [6, 6.07) is 23.6. The van der Waals surface area contributed by atoms with Crippen molar-refractivity contribution in [3.63, 3.8) is 0 Å². The Hall–Kier alpha value is -5.06. The molecular weight excluding hydrogens is 935 g/mol. The van der Waals surface area contributed by atoms with E-state index in [-0.39, 0.29) is 36.0 Å². The summed E-state index contributed by atoms with van der Waals surface area (Å²) in [6.07, 6.45) is -8.23. The zero-order valence-electron chi connectivity index (χ0n) is 35.1. The number of benzene rings is 4. The maximum Gasteiger partial charge on any atom is 0.416 e. The van der Waals surface area contributed by atoms with Crippen molar-refractivity contribution in [2.45, 2.75) is 42.4 Å². The van der Waals surface area contributed by atoms with Crippen molar-refractivity contribution in [3.05, 3.63) is 125 Å². The second kappa shape index (κ2) is 19.8. The molecule has 0 spiro atoms. The first-order valence-corrected chi connectivity index (χ1v) is 25.1. The lowest BCUT2D eigenvalue weighted by atomic mass is 10.1. The minimum absolute atomic E-state index is 0.163. The van der Waals surface area contributed by atoms with Crippen LogP contribution in [0.4, 0.5) is 36.6 Å². The van der Waals surface area contributed by atoms with E-state index < -0.39 is 43.5 Å². The molecule has 11 nitrogen and oxygen atoms in total. The number of piperazine rings is 2. The van der Waals surface area contributed by atoms with Crippen molar-refractivity contribution in [1.29, 1.82) is 0 Å². The summed E-state index contributed by atoms with van der Waals surface area (Å²) in [6.45, 7) is 6.93. The quantitative estimate of drug-likeness (QED) is 0.117. The summed E-state index contributed by atoms with van der Waals surface area (Å²) in [5.74, 6) is 0.787. The van der Waals surface area contributed by atoms with Crippen molar-refractivity contribution < 1.29 is 47.9 Å². The third-order valence-corrected chi connectivity index (χ3v) is 16.3. The van der Waals surface area contributed by atoms with Crippen LogP contribution in [0.5, 0.6) is 5.75 Å². The van der Waals surface area contributed by atoms with Crippen LogP contribution in [0, 0.1) is 0 Å². The van der Waals surface area contributed by atoms with Crippen LogP contribution in [0.15, 0.2) is 118 Å². The van der Waals surface area contributed by atoms with Crippen LogP contribution in [-0.4, -0.2) is 94.4 Å². The number of sulfonamides is 2. The highest BCUT2D eigenvalue weighted by atomic mass is 32.2. The Balaban J connectivity index is 0.000000194. The van der Waals surface area contributed by atoms with Gasteiger partial charge < -0.3 is 14.5 Å². The Morgan fingerprint density at radius 2 is 0.969 bits per heavy atom. The smallest absolute Gasteiger partial charge is 0.416 e. The van der Waals surface area contributed by atoms with Crippen molar-refractivity contribution in [3.8, 4) is 28.3 Å². The molecule has 0 atom stereocenters. The van der Waals surface area contributed by atoms with Crippen molar-refractivity contribution in [1.82, 2.24) is 18.6 Å². The molecule has 0 N–H and O–H groups in total. The van der Waals surface area contributed by atoms with Crippen molar-refractivity contribution in [2.75, 3.05) is 68.8 Å². The van der Waals surface area contributed by atoms with Crippen LogP contribution in [0.2, 0.25) is 0 Å². The molecule has 0 unspecified atom stereocenters. The van der Waals surface area contributed by atoms with E-state index in [1.807, 2.05) is 63.9 Å². The number of aryl methyl sites for hydroxylation is 1. The Kier molecular flexibility index (Phi) is 14.6. The molecule has 0 aliphatic carbocycles. The number of hydrogen-bond donors (Lipinski definition) is 0. The van der Waals surface area contributed by atoms with E-state index in [1.165, 1.54) is 49.0 Å². The van der Waals surface area contributed by atoms with E-state index in [9.17, 15) is 43.2 Å². The summed E-state index contributed by atoms with van der Waals surface area (Å²) in [5, 5.41) is 5.49. The lowest BCUT2D eigenvalue weighted by molar-refractivity contribution is -0.138. The zero-order chi connectivity index (χ0) is 46.6. The van der Waals surface area contributed by atoms with Gasteiger partial charge in [0.25, 0.3) is 0 Å². The third kappa shape index (κ3) is 11.3. The maximum atomic E-state index is 13.0. The van der Waals surface area contributed by atoms with E-state index in [0.717, 1.165) is 69.2 Å². The monoisotopic (exact) mass is 978 g/mol. The second-order valence-corrected chi connectivity index (χ2v) is 20.4. The Labute approximate surface area is 381 Å². The minimum atomic E-state index is -4.60. The minimum Gasteiger partial charge on any atom is -0.494 e. The van der Waals surface area contributed by atoms with Gasteiger partial charge in [0.15, 0.2) is 10.3 Å². The fourth-order valence-electron chi connectivity index (χ4n) is 7.09. The number of hydrogen-bond acceptors (Lipinski definition) is 11. The largest absolute Gasteiger partial charge is 0.494 e. The molecule has 2 aliphatic rings. The molecular formula is C44H44F6N6O5S4. The normalized spacial score (nSPS) is 15.7. The first kappa shape index (κ1) is 47.9. The van der Waals surface area contributed by atoms with Gasteiger partial charge in [-0.3, -0.25) is 0 Å². The first-order valence-electron chi connectivity index (χ1n) is 20.4. The Bertz CT molecular complexity index is 2770. The first-order chi connectivity index (χ1) is 30.9. The number of aromatic nitrogens is 2. The summed E-state index contributed by atoms with van der Waals surface area (Å²) >= 11 is 2.96. The molecule has 4 heterocycles. The van der Waals surface area contributed by atoms with E-state index in [1.54, 1.807) is 0 Å². The highest BCUT2D eigenvalue weighted by Gasteiger charge is 2.36. The number of nitrogens with zero attached hydrogens (tertiary/aromatic N) is 6. The second-order valence-electron chi connectivity index (χ2n) is 14.9. The number of alkyl halides is 6. The van der Waals surface area contributed by atoms with Gasteiger partial charge in [0, 0.05) is 74.2 Å². The zero-order valence-corrected chi connectivity index (χ0v) is 38.4. The topological polar surface area (TPSA) is 116 Å². The van der Waals surface area contributed by atoms with Crippen LogP contribution >= 0.6 is 22.7 Å². The van der Waals surface area contributed by atoms with Crippen LogP contribution in [-0.2, 0) is 38.8 Å². The molecule has 8 rings (SSSR count). The fourth-order valence-corrected chi connectivity index (χ4v) is 11.8. The number of rotatable bonds is 11. The maximum absolute atomic E-state index is 13.0. The summed E-state index contributed by atoms with van der Waals surface area (Å²) in [7, 11) is -8.02. The van der Waals surface area contributed by atoms with Gasteiger partial charge in [-0.05, 0) is 79.6 Å². The van der Waals surface area contributed by atoms with Crippen LogP contribution < -0.4 is 14.5 Å². The summed E-state index contributed by atoms with van der Waals surface area (Å²) in [5.41, 5.74) is 2.96. The van der Waals surface area contributed by atoms with Crippen LogP contribution in [0.25, 0.3) is 22.5 Å². The molecule has 0 amide bonds. The molecule has 65 heavy (non-hydrogen) atoms. The molecule has 0 radical (unpaired) electrons. The molecule has 6 aromatic rings. The number of thiazole rings is 2. The Morgan fingerprint density at radius 3 is 1.34 bits per heavy atom. The molecule has 2 aliphatic heterocycles. The van der Waals surface area contributed by atoms with E-state index in [0.29, 0.717) is 44.9 Å². The molecule has 346 valence electrons. The lowest BCUT2D eigenvalue weighted by Crippen LogP contribution is -2.48. The van der Waals surface area contributed by atoms with Gasteiger partial charge in [-0.2, -0.15) is 35.0 Å². The third-order valence-electron chi connectivity index (χ3n) is 10.7. The average Bonchev–Trinajstić information content (AvgIpc) is 4.01. The molecule has 0 saturated carbocycles. The molecule has 2 saturated heterocycles. The molecule has 0 bridgehead atoms. The van der Waals surface area contributed by atoms with E-state index in [4.69, 9.17) is 9.72 Å². The highest BCUT2D eigenvalue weighted by molar-refractivity contribution is 7.89.